The highest BCUT2D eigenvalue weighted by Crippen LogP contribution is 2.31. The van der Waals surface area contributed by atoms with E-state index in [1.165, 1.54) is 33.4 Å². The number of guanidine groups is 1. The number of halogens is 4. The first-order valence-corrected chi connectivity index (χ1v) is 52.6. The number of rotatable bonds is 39. The van der Waals surface area contributed by atoms with Crippen molar-refractivity contribution in [1.82, 2.24) is 94.0 Å². The summed E-state index contributed by atoms with van der Waals surface area (Å²) in [6.07, 6.45) is -3.29. The second-order valence-corrected chi connectivity index (χ2v) is 40.7. The lowest BCUT2D eigenvalue weighted by atomic mass is 10.0. The summed E-state index contributed by atoms with van der Waals surface area (Å²) in [7, 11) is 1.93. The Hall–Kier alpha value is -12.2. The van der Waals surface area contributed by atoms with Crippen LogP contribution in [0.3, 0.4) is 0 Å². The number of hydrogen-bond donors (Lipinski definition) is 22. The Morgan fingerprint density at radius 1 is 0.558 bits per heavy atom. The van der Waals surface area contributed by atoms with Crippen molar-refractivity contribution in [2.45, 2.75) is 318 Å². The molecule has 7 rings (SSSR count). The zero-order chi connectivity index (χ0) is 109. The first-order valence-electron chi connectivity index (χ1n) is 49.7. The summed E-state index contributed by atoms with van der Waals surface area (Å²) in [5.41, 5.74) is 24.1. The fourth-order valence-corrected chi connectivity index (χ4v) is 19.9. The number of fused-ring (bicyclic) bond motifs is 1. The van der Waals surface area contributed by atoms with Gasteiger partial charge in [0.25, 0.3) is 0 Å². The Labute approximate surface area is 864 Å². The Morgan fingerprint density at radius 2 is 1.09 bits per heavy atom. The number of alkyl halides is 3. The van der Waals surface area contributed by atoms with Crippen LogP contribution in [-0.2, 0) is 109 Å². The molecule has 2 aromatic rings. The lowest BCUT2D eigenvalue weighted by Gasteiger charge is -2.33. The fraction of sp³-hybridized carbons (Fsp3) is 0.653. The summed E-state index contributed by atoms with van der Waals surface area (Å²) in [5.74, 6) is -21.0. The summed E-state index contributed by atoms with van der Waals surface area (Å²) in [6, 6.07) is -9.66. The van der Waals surface area contributed by atoms with Gasteiger partial charge in [-0.3, -0.25) is 96.5 Å². The van der Waals surface area contributed by atoms with Gasteiger partial charge in [0.2, 0.25) is 106 Å². The van der Waals surface area contributed by atoms with E-state index in [1.807, 2.05) is 6.92 Å². The quantitative estimate of drug-likeness (QED) is 0.0158. The van der Waals surface area contributed by atoms with E-state index in [0.717, 1.165) is 21.6 Å². The molecule has 17 atom stereocenters. The van der Waals surface area contributed by atoms with Gasteiger partial charge in [-0.15, -0.1) is 0 Å². The first kappa shape index (κ1) is 123. The van der Waals surface area contributed by atoms with Crippen LogP contribution in [0.4, 0.5) is 13.2 Å². The number of carboxylic acids is 2. The number of nitrogens with two attached hydrogens (primary N) is 4. The standard InChI is InChI=1S/C93H144ClN23O21S2.C2HF3O2/c1-8-9-27-63-89(135)114-41-19-31-70(114)86(132)101-54(6)77(123)112-68(50-118)84(130)110-66(48-56-23-11-10-12-24-56)83(129)113-69(85(131)108-64(29-14-16-39-96)90(136)117-44-22-34-73(117)91(137)115-42-20-32-71(115)87(133)103-59(76(97)122)35-36-74(120)121)51-140-139-45-37-62(80(126)109-65(46-52(2)3)81(127)105-61(30-18-40-100-93(98)99)78(124)104-60(79(125)107-63)28-13-15-38-95)106-82(128)67(49-57-25-17-26-58(94)47-57)111-88(134)72-33-21-43-116(72)92(138)75(53(4)5)102-55(7)119;3-2(4,5)1(6)7/h10-12,17,23-26,47,52-54,59-73,75,118H,8-9,13-16,18-22,27-46,48-51,95-96H2,1-7H3,(H2,97,122)(H,101,132)(H,102,119)(H,103,133)(H,104,124)(H,105,127)(H,106,128)(H,107,125)(H,108,131)(H,109,126)(H,110,130)(H,111,134)(H,112,123)(H,113,129)(H,120,121)(H4,98,99,100);(H,6,7)/t54-,59-,60-,61-,62-,63-,64-,65-,66-,67-,68-,69?,70-,71-,72-,73-,75-;/m0./s1. The van der Waals surface area contributed by atoms with E-state index in [2.05, 4.69) is 74.4 Å². The van der Waals surface area contributed by atoms with E-state index in [9.17, 15) is 80.9 Å². The minimum absolute atomic E-state index is 0.00894. The summed E-state index contributed by atoms with van der Waals surface area (Å²) in [5, 5.41) is 73.4. The maximum atomic E-state index is 15.7. The van der Waals surface area contributed by atoms with Gasteiger partial charge in [-0.05, 0) is 184 Å². The Morgan fingerprint density at radius 3 is 1.67 bits per heavy atom. The third kappa shape index (κ3) is 40.4. The molecule has 5 saturated heterocycles. The monoisotopic (exact) mass is 2130 g/mol. The molecule has 5 fully saturated rings. The second kappa shape index (κ2) is 62.2. The van der Waals surface area contributed by atoms with E-state index >= 15 is 33.6 Å². The van der Waals surface area contributed by atoms with Gasteiger partial charge in [0.05, 0.1) is 6.61 Å². The molecule has 5 heterocycles. The fourth-order valence-electron chi connectivity index (χ4n) is 17.5. The van der Waals surface area contributed by atoms with Crippen LogP contribution in [0, 0.1) is 17.2 Å². The van der Waals surface area contributed by atoms with Crippen molar-refractivity contribution in [3.8, 4) is 0 Å². The number of likely N-dealkylation sites (tertiary alicyclic amines) is 3. The van der Waals surface area contributed by atoms with E-state index in [0.29, 0.717) is 56.1 Å². The molecule has 0 aliphatic carbocycles. The SMILES string of the molecule is CCCC[C@@H]1NC(=O)[C@H](CCCCN)NC(=O)[C@H](CCCNC(=N)N)NC(=O)[C@H](CC(C)C)NC(=O)[C@@H](NC(=O)[C@H](Cc2cccc(Cl)c2)NC(=O)[C@@H]2CCCN2C(=O)[C@@H](NC(C)=O)C(C)C)CCSSCC(C(=O)N[C@@H](CCCCN)C(=O)N2CCC[C@H]2C(=O)N2CCC[C@H]2C(=O)N[C@@H](CCC(=O)O)C(N)=O)NC(=O)[C@H](Cc2ccccc2)NC(=O)[C@H](CO)NC(=O)[C@H](C)NC(=O)[C@@H]2CCCN2C1=O.O=C(O)C(F)(F)F. The Kier molecular flexibility index (Phi) is 52.2. The third-order valence-corrected chi connectivity index (χ3v) is 27.9. The highest BCUT2D eigenvalue weighted by atomic mass is 35.5. The van der Waals surface area contributed by atoms with Crippen LogP contribution in [0.2, 0.25) is 5.02 Å². The molecule has 46 nitrogen and oxygen atoms in total. The van der Waals surface area contributed by atoms with Crippen molar-refractivity contribution in [3.63, 3.8) is 0 Å². The highest BCUT2D eigenvalue weighted by Gasteiger charge is 2.48. The van der Waals surface area contributed by atoms with Gasteiger partial charge in [-0.25, -0.2) is 4.79 Å². The average molecular weight is 2130 g/mol. The minimum Gasteiger partial charge on any atom is -0.481 e. The van der Waals surface area contributed by atoms with Crippen LogP contribution >= 0.6 is 33.2 Å². The predicted octanol–water partition coefficient (Wildman–Crippen LogP) is -1.39. The van der Waals surface area contributed by atoms with Gasteiger partial charge in [0.1, 0.15) is 103 Å². The number of nitrogens with one attached hydrogen (secondary N) is 15. The molecule has 5 aliphatic rings. The number of amides is 18. The number of benzene rings is 2. The maximum Gasteiger partial charge on any atom is 0.490 e. The largest absolute Gasteiger partial charge is 0.490 e. The molecule has 26 N–H and O–H groups in total. The zero-order valence-corrected chi connectivity index (χ0v) is 86.2. The molecule has 1 unspecified atom stereocenters. The van der Waals surface area contributed by atoms with Gasteiger partial charge in [-0.2, -0.15) is 13.2 Å². The molecule has 5 aliphatic heterocycles. The van der Waals surface area contributed by atoms with Crippen LogP contribution in [0.1, 0.15) is 207 Å². The molecule has 0 saturated carbocycles. The highest BCUT2D eigenvalue weighted by molar-refractivity contribution is 8.76. The topological polar surface area (TPSA) is 711 Å². The number of carboxylic acid groups (broad SMARTS) is 2. The van der Waals surface area contributed by atoms with Crippen molar-refractivity contribution in [2.75, 3.05) is 63.9 Å². The normalized spacial score (nSPS) is 23.5. The zero-order valence-electron chi connectivity index (χ0n) is 83.8. The number of unbranched alkanes of at least 4 members (excludes halogenated alkanes) is 3. The molecule has 0 aromatic heterocycles. The molecule has 147 heavy (non-hydrogen) atoms. The number of hydrogen-bond acceptors (Lipinski definition) is 26. The van der Waals surface area contributed by atoms with E-state index < -0.39 is 264 Å². The molecule has 0 bridgehead atoms. The van der Waals surface area contributed by atoms with Crippen molar-refractivity contribution >= 4 is 157 Å². The smallest absolute Gasteiger partial charge is 0.481 e. The maximum absolute atomic E-state index is 15.7. The number of aliphatic hydroxyl groups is 1. The number of nitrogens with zero attached hydrogens (tertiary/aromatic N) is 4. The lowest BCUT2D eigenvalue weighted by Crippen LogP contribution is -2.61. The van der Waals surface area contributed by atoms with E-state index in [4.69, 9.17) is 49.8 Å². The van der Waals surface area contributed by atoms with Gasteiger partial charge >= 0.3 is 18.1 Å². The molecular formula is C95H145ClF3N23O23S2. The van der Waals surface area contributed by atoms with Crippen LogP contribution in [0.5, 0.6) is 0 Å². The van der Waals surface area contributed by atoms with Gasteiger partial charge in [-0.1, -0.05) is 123 Å². The van der Waals surface area contributed by atoms with Crippen LogP contribution < -0.4 is 97.4 Å². The summed E-state index contributed by atoms with van der Waals surface area (Å²) in [6.45, 7) is 10.8. The van der Waals surface area contributed by atoms with Gasteiger partial charge in [0, 0.05) is 75.4 Å². The van der Waals surface area contributed by atoms with Gasteiger partial charge in [0.15, 0.2) is 5.96 Å². The van der Waals surface area contributed by atoms with Crippen molar-refractivity contribution in [1.29, 1.82) is 5.41 Å². The van der Waals surface area contributed by atoms with Crippen molar-refractivity contribution in [3.05, 3.63) is 70.7 Å². The second-order valence-electron chi connectivity index (χ2n) is 37.6. The molecule has 818 valence electrons. The Bertz CT molecular complexity index is 4870. The number of primary amides is 1. The van der Waals surface area contributed by atoms with Crippen molar-refractivity contribution < 1.29 is 124 Å². The molecule has 0 radical (unpaired) electrons. The molecule has 0 spiro atoms. The number of carbonyl (C=O) groups excluding carboxylic acids is 18. The first-order chi connectivity index (χ1) is 69.6. The van der Waals surface area contributed by atoms with Crippen molar-refractivity contribution in [2.24, 2.45) is 34.8 Å². The van der Waals surface area contributed by atoms with Crippen LogP contribution in [-0.4, -0.2) is 332 Å². The lowest BCUT2D eigenvalue weighted by molar-refractivity contribution is -0.192. The predicted molar refractivity (Wildman–Crippen MR) is 536 cm³/mol. The molecular weight excluding hydrogens is 1990 g/mol. The van der Waals surface area contributed by atoms with E-state index in [-0.39, 0.29) is 166 Å². The summed E-state index contributed by atoms with van der Waals surface area (Å²) in [4.78, 5) is 290. The van der Waals surface area contributed by atoms with Gasteiger partial charge < -0.3 is 132 Å². The molecule has 52 heteroatoms. The summed E-state index contributed by atoms with van der Waals surface area (Å²) >= 11 is 6.54. The molecule has 18 amide bonds. The van der Waals surface area contributed by atoms with E-state index in [1.54, 1.807) is 82.3 Å². The number of aliphatic hydroxyl groups excluding tert-OH is 1. The minimum atomic E-state index is -5.08. The summed E-state index contributed by atoms with van der Waals surface area (Å²) < 4.78 is 31.7. The number of aliphatic carboxylic acids is 2. The average Bonchev–Trinajstić information content (AvgIpc) is 1.65. The molecule has 2 aromatic carbocycles. The third-order valence-electron chi connectivity index (χ3n) is 25.3. The van der Waals surface area contributed by atoms with Crippen LogP contribution in [0.25, 0.3) is 0 Å². The van der Waals surface area contributed by atoms with Crippen LogP contribution in [0.15, 0.2) is 54.6 Å². The Balaban J connectivity index is 0.00000454. The number of carbonyl (C=O) groups is 20.